The lowest BCUT2D eigenvalue weighted by Gasteiger charge is -2.24. The number of aliphatic hydroxyl groups is 1. The Morgan fingerprint density at radius 3 is 2.60 bits per heavy atom. The summed E-state index contributed by atoms with van der Waals surface area (Å²) in [5.41, 5.74) is 5.11. The number of nitrogens with one attached hydrogen (secondary N) is 1. The third-order valence-corrected chi connectivity index (χ3v) is 4.99. The Labute approximate surface area is 148 Å². The topological polar surface area (TPSA) is 38.7 Å². The predicted octanol–water partition coefficient (Wildman–Crippen LogP) is 2.56. The number of aliphatic hydroxyl groups excluding tert-OH is 1. The number of hydrogen-bond donors (Lipinski definition) is 2. The first-order valence-electron chi connectivity index (χ1n) is 8.18. The van der Waals surface area contributed by atoms with Crippen LogP contribution in [0.25, 0.3) is 11.9 Å². The van der Waals surface area contributed by atoms with Crippen LogP contribution in [-0.2, 0) is 0 Å². The van der Waals surface area contributed by atoms with Gasteiger partial charge in [0.1, 0.15) is 11.5 Å². The van der Waals surface area contributed by atoms with Crippen molar-refractivity contribution in [3.05, 3.63) is 75.3 Å². The summed E-state index contributed by atoms with van der Waals surface area (Å²) < 4.78 is 14.5. The second-order valence-corrected chi connectivity index (χ2v) is 6.88. The zero-order chi connectivity index (χ0) is 17.1. The molecule has 0 saturated heterocycles. The second kappa shape index (κ2) is 5.17. The Morgan fingerprint density at radius 1 is 1.12 bits per heavy atom. The SMILES string of the molecule is OC1=C2C(=c3c(F)cccc3=CN2C2CC2)NN1c1ccc(Cl)cc1. The minimum Gasteiger partial charge on any atom is -0.492 e. The fourth-order valence-electron chi connectivity index (χ4n) is 3.40. The Bertz CT molecular complexity index is 1030. The van der Waals surface area contributed by atoms with E-state index in [1.807, 2.05) is 12.3 Å². The zero-order valence-corrected chi connectivity index (χ0v) is 14.0. The van der Waals surface area contributed by atoms with Gasteiger partial charge < -0.3 is 10.0 Å². The van der Waals surface area contributed by atoms with Crippen LogP contribution in [0.4, 0.5) is 10.1 Å². The molecule has 2 aliphatic heterocycles. The Hall–Kier alpha value is -2.66. The van der Waals surface area contributed by atoms with E-state index in [0.717, 1.165) is 23.7 Å². The number of fused-ring (bicyclic) bond motifs is 2. The molecule has 2 N–H and O–H groups in total. The molecule has 2 aromatic rings. The van der Waals surface area contributed by atoms with Crippen LogP contribution in [0.2, 0.25) is 5.02 Å². The summed E-state index contributed by atoms with van der Waals surface area (Å²) in [5.74, 6) is -0.246. The van der Waals surface area contributed by atoms with E-state index in [4.69, 9.17) is 11.6 Å². The summed E-state index contributed by atoms with van der Waals surface area (Å²) in [4.78, 5) is 2.05. The smallest absolute Gasteiger partial charge is 0.237 e. The van der Waals surface area contributed by atoms with Crippen LogP contribution in [0.15, 0.2) is 54.0 Å². The van der Waals surface area contributed by atoms with Crippen LogP contribution in [-0.4, -0.2) is 16.0 Å². The molecule has 5 rings (SSSR count). The van der Waals surface area contributed by atoms with Crippen molar-refractivity contribution in [1.29, 1.82) is 0 Å². The molecule has 1 fully saturated rings. The first kappa shape index (κ1) is 14.7. The summed E-state index contributed by atoms with van der Waals surface area (Å²) in [6.07, 6.45) is 4.05. The molecular weight excluding hydrogens is 341 g/mol. The van der Waals surface area contributed by atoms with Crippen LogP contribution in [0.1, 0.15) is 12.8 Å². The van der Waals surface area contributed by atoms with Gasteiger partial charge in [-0.3, -0.25) is 5.43 Å². The van der Waals surface area contributed by atoms with Gasteiger partial charge in [0.15, 0.2) is 0 Å². The van der Waals surface area contributed by atoms with E-state index in [9.17, 15) is 9.50 Å². The zero-order valence-electron chi connectivity index (χ0n) is 13.2. The average molecular weight is 356 g/mol. The van der Waals surface area contributed by atoms with Gasteiger partial charge in [0.25, 0.3) is 0 Å². The highest BCUT2D eigenvalue weighted by Gasteiger charge is 2.40. The molecule has 25 heavy (non-hydrogen) atoms. The quantitative estimate of drug-likeness (QED) is 0.868. The van der Waals surface area contributed by atoms with E-state index in [-0.39, 0.29) is 11.7 Å². The van der Waals surface area contributed by atoms with Crippen molar-refractivity contribution in [1.82, 2.24) is 10.3 Å². The molecule has 0 spiro atoms. The standard InChI is InChI=1S/C19H15ClFN3O/c20-12-4-6-14(7-5-12)24-19(25)18-17(22-24)16-11(2-1-3-15(16)21)10-23(18)13-8-9-13/h1-7,10,13,22,25H,8-9H2. The van der Waals surface area contributed by atoms with E-state index in [1.165, 1.54) is 6.07 Å². The number of rotatable bonds is 2. The molecule has 0 aromatic heterocycles. The van der Waals surface area contributed by atoms with E-state index in [1.54, 1.807) is 35.3 Å². The average Bonchev–Trinajstić information content (AvgIpc) is 3.39. The molecule has 1 saturated carbocycles. The van der Waals surface area contributed by atoms with Crippen LogP contribution in [0.3, 0.4) is 0 Å². The fraction of sp³-hybridized carbons (Fsp3) is 0.158. The summed E-state index contributed by atoms with van der Waals surface area (Å²) in [7, 11) is 0. The highest BCUT2D eigenvalue weighted by Crippen LogP contribution is 2.38. The number of halogens is 2. The van der Waals surface area contributed by atoms with Gasteiger partial charge in [-0.25, -0.2) is 9.40 Å². The largest absolute Gasteiger partial charge is 0.492 e. The molecule has 1 aliphatic carbocycles. The molecule has 0 bridgehead atoms. The third kappa shape index (κ3) is 2.19. The molecule has 126 valence electrons. The van der Waals surface area contributed by atoms with Crippen molar-refractivity contribution in [3.63, 3.8) is 0 Å². The number of nitrogens with zero attached hydrogens (tertiary/aromatic N) is 2. The van der Waals surface area contributed by atoms with Gasteiger partial charge in [-0.05, 0) is 43.2 Å². The highest BCUT2D eigenvalue weighted by molar-refractivity contribution is 6.30. The molecule has 3 aliphatic rings. The van der Waals surface area contributed by atoms with E-state index < -0.39 is 0 Å². The first-order valence-corrected chi connectivity index (χ1v) is 8.56. The monoisotopic (exact) mass is 355 g/mol. The summed E-state index contributed by atoms with van der Waals surface area (Å²) in [6.45, 7) is 0. The Kier molecular flexibility index (Phi) is 3.03. The minimum absolute atomic E-state index is 0.0642. The van der Waals surface area contributed by atoms with E-state index in [2.05, 4.69) is 10.3 Å². The lowest BCUT2D eigenvalue weighted by atomic mass is 10.1. The molecule has 2 aromatic carbocycles. The third-order valence-electron chi connectivity index (χ3n) is 4.74. The summed E-state index contributed by atoms with van der Waals surface area (Å²) in [5, 5.41) is 14.3. The molecule has 0 unspecified atom stereocenters. The second-order valence-electron chi connectivity index (χ2n) is 6.44. The van der Waals surface area contributed by atoms with Gasteiger partial charge in [0, 0.05) is 27.7 Å². The van der Waals surface area contributed by atoms with Gasteiger partial charge >= 0.3 is 0 Å². The summed E-state index contributed by atoms with van der Waals surface area (Å²) >= 11 is 5.96. The fourth-order valence-corrected chi connectivity index (χ4v) is 3.52. The van der Waals surface area contributed by atoms with Crippen LogP contribution < -0.4 is 20.9 Å². The van der Waals surface area contributed by atoms with Gasteiger partial charge in [0.2, 0.25) is 5.88 Å². The molecule has 4 nitrogen and oxygen atoms in total. The van der Waals surface area contributed by atoms with Crippen molar-refractivity contribution < 1.29 is 9.50 Å². The van der Waals surface area contributed by atoms with Crippen molar-refractivity contribution in [2.24, 2.45) is 0 Å². The lowest BCUT2D eigenvalue weighted by Crippen LogP contribution is -2.43. The molecule has 6 heteroatoms. The number of anilines is 1. The van der Waals surface area contributed by atoms with Crippen molar-refractivity contribution in [2.75, 3.05) is 5.01 Å². The molecule has 2 heterocycles. The van der Waals surface area contributed by atoms with Crippen molar-refractivity contribution >= 4 is 29.2 Å². The highest BCUT2D eigenvalue weighted by atomic mass is 35.5. The molecule has 0 amide bonds. The number of hydrazine groups is 1. The predicted molar refractivity (Wildman–Crippen MR) is 95.1 cm³/mol. The van der Waals surface area contributed by atoms with E-state index in [0.29, 0.717) is 27.7 Å². The molecule has 0 atom stereocenters. The van der Waals surface area contributed by atoms with E-state index >= 15 is 0 Å². The van der Waals surface area contributed by atoms with Gasteiger partial charge in [0.05, 0.1) is 11.4 Å². The maximum absolute atomic E-state index is 14.5. The normalized spacial score (nSPS) is 18.7. The number of benzene rings is 2. The first-order chi connectivity index (χ1) is 12.1. The maximum Gasteiger partial charge on any atom is 0.237 e. The van der Waals surface area contributed by atoms with Crippen molar-refractivity contribution in [2.45, 2.75) is 18.9 Å². The van der Waals surface area contributed by atoms with Crippen LogP contribution >= 0.6 is 11.6 Å². The minimum atomic E-state index is -0.310. The Morgan fingerprint density at radius 2 is 1.88 bits per heavy atom. The van der Waals surface area contributed by atoms with Gasteiger partial charge in [-0.2, -0.15) is 0 Å². The molecule has 0 radical (unpaired) electrons. The Balaban J connectivity index is 1.74. The summed E-state index contributed by atoms with van der Waals surface area (Å²) in [6, 6.07) is 12.5. The van der Waals surface area contributed by atoms with Gasteiger partial charge in [-0.15, -0.1) is 0 Å². The maximum atomic E-state index is 14.5. The number of hydrogen-bond acceptors (Lipinski definition) is 4. The van der Waals surface area contributed by atoms with Crippen LogP contribution in [0, 0.1) is 5.82 Å². The van der Waals surface area contributed by atoms with Crippen LogP contribution in [0.5, 0.6) is 0 Å². The molecular formula is C19H15ClFN3O. The van der Waals surface area contributed by atoms with Gasteiger partial charge in [-0.1, -0.05) is 23.7 Å². The van der Waals surface area contributed by atoms with Crippen molar-refractivity contribution in [3.8, 4) is 0 Å². The lowest BCUT2D eigenvalue weighted by molar-refractivity contribution is 0.367.